The zero-order chi connectivity index (χ0) is 21.6. The molecule has 0 aromatic rings. The van der Waals surface area contributed by atoms with Gasteiger partial charge in [0, 0.05) is 32.6 Å². The number of rotatable bonds is 22. The molecule has 0 spiro atoms. The predicted molar refractivity (Wildman–Crippen MR) is 120 cm³/mol. The minimum atomic E-state index is -0.0404. The first-order valence-corrected chi connectivity index (χ1v) is 12.0. The van der Waals surface area contributed by atoms with E-state index in [0.29, 0.717) is 39.2 Å². The molecule has 0 radical (unpaired) electrons. The van der Waals surface area contributed by atoms with Crippen molar-refractivity contribution in [3.63, 3.8) is 0 Å². The number of hydrogen-bond donors (Lipinski definition) is 3. The second kappa shape index (κ2) is 22.0. The molecule has 0 aliphatic heterocycles. The van der Waals surface area contributed by atoms with Crippen molar-refractivity contribution >= 4 is 5.91 Å². The summed E-state index contributed by atoms with van der Waals surface area (Å²) in [6.45, 7) is 7.14. The zero-order valence-corrected chi connectivity index (χ0v) is 19.2. The van der Waals surface area contributed by atoms with Gasteiger partial charge in [0.05, 0.1) is 25.9 Å². The number of ether oxygens (including phenoxy) is 1. The van der Waals surface area contributed by atoms with Gasteiger partial charge < -0.3 is 20.3 Å². The van der Waals surface area contributed by atoms with Crippen LogP contribution in [0.3, 0.4) is 0 Å². The van der Waals surface area contributed by atoms with E-state index in [2.05, 4.69) is 12.2 Å². The highest BCUT2D eigenvalue weighted by Crippen LogP contribution is 2.11. The molecule has 0 saturated carbocycles. The lowest BCUT2D eigenvalue weighted by Crippen LogP contribution is -2.36. The molecule has 0 aromatic heterocycles. The molecule has 0 heterocycles. The van der Waals surface area contributed by atoms with Crippen LogP contribution in [-0.2, 0) is 9.53 Å². The standard InChI is InChI=1S/C23H48N2O4/c1-3-4-5-6-7-8-9-10-11-12-13-14-23(28)24-21-22(2)29-20-17-25(15-18-26)16-19-27/h22,26-27H,3-21H2,1-2H3,(H,24,28). The van der Waals surface area contributed by atoms with Crippen LogP contribution in [0.4, 0.5) is 0 Å². The molecular weight excluding hydrogens is 368 g/mol. The smallest absolute Gasteiger partial charge is 0.220 e. The van der Waals surface area contributed by atoms with Crippen molar-refractivity contribution in [1.29, 1.82) is 0 Å². The number of aliphatic hydroxyl groups is 2. The van der Waals surface area contributed by atoms with E-state index in [0.717, 1.165) is 12.8 Å². The number of aliphatic hydroxyl groups excluding tert-OH is 2. The van der Waals surface area contributed by atoms with Crippen LogP contribution in [0.25, 0.3) is 0 Å². The third kappa shape index (κ3) is 20.4. The molecule has 0 aromatic carbocycles. The molecular formula is C23H48N2O4. The van der Waals surface area contributed by atoms with Gasteiger partial charge in [-0.2, -0.15) is 0 Å². The number of nitrogens with one attached hydrogen (secondary N) is 1. The summed E-state index contributed by atoms with van der Waals surface area (Å²) in [4.78, 5) is 13.9. The molecule has 174 valence electrons. The third-order valence-electron chi connectivity index (χ3n) is 5.24. The SMILES string of the molecule is CCCCCCCCCCCCCC(=O)NCC(C)OCCN(CCO)CCO. The van der Waals surface area contributed by atoms with Crippen molar-refractivity contribution in [1.82, 2.24) is 10.2 Å². The Morgan fingerprint density at radius 2 is 1.38 bits per heavy atom. The number of carbonyl (C=O) groups is 1. The van der Waals surface area contributed by atoms with E-state index in [-0.39, 0.29) is 25.2 Å². The van der Waals surface area contributed by atoms with Crippen molar-refractivity contribution in [3.05, 3.63) is 0 Å². The number of nitrogens with zero attached hydrogens (tertiary/aromatic N) is 1. The highest BCUT2D eigenvalue weighted by molar-refractivity contribution is 5.75. The van der Waals surface area contributed by atoms with E-state index in [1.165, 1.54) is 57.8 Å². The Labute approximate surface area is 179 Å². The van der Waals surface area contributed by atoms with Gasteiger partial charge in [-0.25, -0.2) is 0 Å². The molecule has 6 heteroatoms. The molecule has 29 heavy (non-hydrogen) atoms. The summed E-state index contributed by atoms with van der Waals surface area (Å²) in [5, 5.41) is 20.9. The Bertz CT molecular complexity index is 350. The first kappa shape index (κ1) is 28.3. The van der Waals surface area contributed by atoms with E-state index in [9.17, 15) is 4.79 Å². The Morgan fingerprint density at radius 1 is 0.862 bits per heavy atom. The van der Waals surface area contributed by atoms with Gasteiger partial charge in [-0.15, -0.1) is 0 Å². The van der Waals surface area contributed by atoms with Gasteiger partial charge in [-0.05, 0) is 13.3 Å². The molecule has 0 saturated heterocycles. The van der Waals surface area contributed by atoms with Gasteiger partial charge in [0.15, 0.2) is 0 Å². The van der Waals surface area contributed by atoms with Crippen molar-refractivity contribution in [2.75, 3.05) is 46.0 Å². The van der Waals surface area contributed by atoms with Crippen LogP contribution in [-0.4, -0.2) is 73.1 Å². The normalized spacial score (nSPS) is 12.4. The van der Waals surface area contributed by atoms with Crippen LogP contribution < -0.4 is 5.32 Å². The van der Waals surface area contributed by atoms with Gasteiger partial charge in [-0.1, -0.05) is 71.1 Å². The lowest BCUT2D eigenvalue weighted by molar-refractivity contribution is -0.121. The summed E-state index contributed by atoms with van der Waals surface area (Å²) in [6.07, 6.45) is 14.7. The van der Waals surface area contributed by atoms with Gasteiger partial charge in [0.1, 0.15) is 0 Å². The number of amides is 1. The summed E-state index contributed by atoms with van der Waals surface area (Å²) in [6, 6.07) is 0. The highest BCUT2D eigenvalue weighted by Gasteiger charge is 2.08. The van der Waals surface area contributed by atoms with E-state index >= 15 is 0 Å². The Morgan fingerprint density at radius 3 is 1.90 bits per heavy atom. The molecule has 0 rings (SSSR count). The van der Waals surface area contributed by atoms with Crippen LogP contribution in [0.5, 0.6) is 0 Å². The number of carbonyl (C=O) groups excluding carboxylic acids is 1. The predicted octanol–water partition coefficient (Wildman–Crippen LogP) is 3.50. The van der Waals surface area contributed by atoms with Crippen LogP contribution in [0.1, 0.15) is 90.9 Å². The summed E-state index contributed by atoms with van der Waals surface area (Å²) >= 11 is 0. The topological polar surface area (TPSA) is 82.0 Å². The fourth-order valence-corrected chi connectivity index (χ4v) is 3.36. The molecule has 6 nitrogen and oxygen atoms in total. The molecule has 1 amide bonds. The monoisotopic (exact) mass is 416 g/mol. The molecule has 1 atom stereocenters. The quantitative estimate of drug-likeness (QED) is 0.235. The first-order valence-electron chi connectivity index (χ1n) is 12.0. The maximum atomic E-state index is 11.9. The highest BCUT2D eigenvalue weighted by atomic mass is 16.5. The third-order valence-corrected chi connectivity index (χ3v) is 5.24. The lowest BCUT2D eigenvalue weighted by atomic mass is 10.1. The molecule has 0 fully saturated rings. The summed E-state index contributed by atoms with van der Waals surface area (Å²) in [7, 11) is 0. The minimum Gasteiger partial charge on any atom is -0.395 e. The Hall–Kier alpha value is -0.690. The van der Waals surface area contributed by atoms with Crippen molar-refractivity contribution < 1.29 is 19.7 Å². The second-order valence-corrected chi connectivity index (χ2v) is 8.06. The second-order valence-electron chi connectivity index (χ2n) is 8.06. The Balaban J connectivity index is 3.47. The fraction of sp³-hybridized carbons (Fsp3) is 0.957. The van der Waals surface area contributed by atoms with Crippen molar-refractivity contribution in [3.8, 4) is 0 Å². The largest absolute Gasteiger partial charge is 0.395 e. The van der Waals surface area contributed by atoms with Crippen LogP contribution >= 0.6 is 0 Å². The van der Waals surface area contributed by atoms with Gasteiger partial charge in [0.2, 0.25) is 5.91 Å². The zero-order valence-electron chi connectivity index (χ0n) is 19.2. The lowest BCUT2D eigenvalue weighted by Gasteiger charge is -2.21. The summed E-state index contributed by atoms with van der Waals surface area (Å²) in [5.41, 5.74) is 0. The number of hydrogen-bond acceptors (Lipinski definition) is 5. The average molecular weight is 417 g/mol. The minimum absolute atomic E-state index is 0.0404. The summed E-state index contributed by atoms with van der Waals surface area (Å²) in [5.74, 6) is 0.110. The van der Waals surface area contributed by atoms with Gasteiger partial charge in [-0.3, -0.25) is 9.69 Å². The molecule has 3 N–H and O–H groups in total. The van der Waals surface area contributed by atoms with Crippen LogP contribution in [0.2, 0.25) is 0 Å². The maximum Gasteiger partial charge on any atom is 0.220 e. The molecule has 1 unspecified atom stereocenters. The van der Waals surface area contributed by atoms with E-state index in [1.54, 1.807) is 0 Å². The van der Waals surface area contributed by atoms with Crippen molar-refractivity contribution in [2.24, 2.45) is 0 Å². The van der Waals surface area contributed by atoms with E-state index < -0.39 is 0 Å². The molecule has 0 bridgehead atoms. The molecule has 0 aliphatic rings. The average Bonchev–Trinajstić information content (AvgIpc) is 2.71. The van der Waals surface area contributed by atoms with Gasteiger partial charge in [0.25, 0.3) is 0 Å². The van der Waals surface area contributed by atoms with E-state index in [4.69, 9.17) is 14.9 Å². The maximum absolute atomic E-state index is 11.9. The van der Waals surface area contributed by atoms with E-state index in [1.807, 2.05) is 11.8 Å². The number of unbranched alkanes of at least 4 members (excludes halogenated alkanes) is 10. The van der Waals surface area contributed by atoms with Crippen molar-refractivity contribution in [2.45, 2.75) is 97.0 Å². The first-order chi connectivity index (χ1) is 14.1. The van der Waals surface area contributed by atoms with Crippen LogP contribution in [0.15, 0.2) is 0 Å². The van der Waals surface area contributed by atoms with Crippen LogP contribution in [0, 0.1) is 0 Å². The fourth-order valence-electron chi connectivity index (χ4n) is 3.36. The summed E-state index contributed by atoms with van der Waals surface area (Å²) < 4.78 is 5.71. The van der Waals surface area contributed by atoms with Gasteiger partial charge >= 0.3 is 0 Å². The molecule has 0 aliphatic carbocycles. The Kier molecular flexibility index (Phi) is 21.5.